The predicted octanol–water partition coefficient (Wildman–Crippen LogP) is 2.76. The lowest BCUT2D eigenvalue weighted by Gasteiger charge is -1.99. The Morgan fingerprint density at radius 3 is 2.88 bits per heavy atom. The summed E-state index contributed by atoms with van der Waals surface area (Å²) in [5.74, 6) is 1.77. The summed E-state index contributed by atoms with van der Waals surface area (Å²) < 4.78 is 12.9. The maximum absolute atomic E-state index is 5.41. The quantitative estimate of drug-likeness (QED) is 0.729. The van der Waals surface area contributed by atoms with Crippen molar-refractivity contribution in [1.82, 2.24) is 14.6 Å². The molecule has 0 bridgehead atoms. The number of fused-ring (bicyclic) bond motifs is 1. The molecule has 0 saturated heterocycles. The molecule has 0 unspecified atom stereocenters. The summed E-state index contributed by atoms with van der Waals surface area (Å²) in [6, 6.07) is 9.16. The van der Waals surface area contributed by atoms with Crippen molar-refractivity contribution < 1.29 is 9.15 Å². The van der Waals surface area contributed by atoms with E-state index >= 15 is 0 Å². The van der Waals surface area contributed by atoms with Crippen molar-refractivity contribution in [3.63, 3.8) is 0 Å². The van der Waals surface area contributed by atoms with E-state index in [1.807, 2.05) is 24.3 Å². The second-order valence-electron chi connectivity index (χ2n) is 3.38. The molecule has 5 nitrogen and oxygen atoms in total. The van der Waals surface area contributed by atoms with Crippen molar-refractivity contribution in [2.75, 3.05) is 7.11 Å². The van der Waals surface area contributed by atoms with E-state index in [9.17, 15) is 0 Å². The Morgan fingerprint density at radius 1 is 1.29 bits per heavy atom. The molecule has 0 fully saturated rings. The van der Waals surface area contributed by atoms with Gasteiger partial charge >= 0.3 is 0 Å². The fourth-order valence-electron chi connectivity index (χ4n) is 1.57. The molecule has 17 heavy (non-hydrogen) atoms. The van der Waals surface area contributed by atoms with Crippen LogP contribution in [0.2, 0.25) is 0 Å². The van der Waals surface area contributed by atoms with Gasteiger partial charge in [-0.2, -0.15) is 4.52 Å². The monoisotopic (exact) mass is 293 g/mol. The Balaban J connectivity index is 2.19. The van der Waals surface area contributed by atoms with Crippen molar-refractivity contribution in [3.05, 3.63) is 35.0 Å². The molecule has 6 heteroatoms. The van der Waals surface area contributed by atoms with E-state index in [-0.39, 0.29) is 0 Å². The van der Waals surface area contributed by atoms with Gasteiger partial charge in [-0.15, -0.1) is 5.10 Å². The third-order valence-electron chi connectivity index (χ3n) is 2.33. The molecule has 0 atom stereocenters. The van der Waals surface area contributed by atoms with E-state index in [1.165, 1.54) is 0 Å². The van der Waals surface area contributed by atoms with Gasteiger partial charge in [0, 0.05) is 6.07 Å². The van der Waals surface area contributed by atoms with Crippen LogP contribution in [0, 0.1) is 0 Å². The molecule has 3 rings (SSSR count). The molecule has 0 aliphatic heterocycles. The maximum Gasteiger partial charge on any atom is 0.218 e. The van der Waals surface area contributed by atoms with Crippen LogP contribution in [0.5, 0.6) is 5.88 Å². The highest BCUT2D eigenvalue weighted by atomic mass is 79.9. The van der Waals surface area contributed by atoms with Crippen LogP contribution in [0.15, 0.2) is 39.4 Å². The van der Waals surface area contributed by atoms with E-state index in [0.717, 1.165) is 0 Å². The predicted molar refractivity (Wildman–Crippen MR) is 64.9 cm³/mol. The van der Waals surface area contributed by atoms with Crippen molar-refractivity contribution >= 4 is 21.6 Å². The summed E-state index contributed by atoms with van der Waals surface area (Å²) in [7, 11) is 1.60. The SMILES string of the molecule is COc1cccc2nc(-c3ccc(Br)o3)nn12. The lowest BCUT2D eigenvalue weighted by molar-refractivity contribution is 0.385. The minimum absolute atomic E-state index is 0.528. The number of aromatic nitrogens is 3. The second-order valence-corrected chi connectivity index (χ2v) is 4.16. The summed E-state index contributed by atoms with van der Waals surface area (Å²) >= 11 is 3.25. The van der Waals surface area contributed by atoms with Gasteiger partial charge in [0.1, 0.15) is 0 Å². The third kappa shape index (κ3) is 1.70. The number of methoxy groups -OCH3 is 1. The van der Waals surface area contributed by atoms with Crippen molar-refractivity contribution in [2.45, 2.75) is 0 Å². The van der Waals surface area contributed by atoms with Crippen LogP contribution in [0.4, 0.5) is 0 Å². The normalized spacial score (nSPS) is 10.9. The van der Waals surface area contributed by atoms with Gasteiger partial charge in [-0.3, -0.25) is 0 Å². The first-order valence-electron chi connectivity index (χ1n) is 4.93. The zero-order chi connectivity index (χ0) is 11.8. The summed E-state index contributed by atoms with van der Waals surface area (Å²) in [6.45, 7) is 0. The van der Waals surface area contributed by atoms with Gasteiger partial charge in [-0.1, -0.05) is 6.07 Å². The first-order chi connectivity index (χ1) is 8.28. The number of nitrogens with zero attached hydrogens (tertiary/aromatic N) is 3. The molecule has 0 spiro atoms. The van der Waals surface area contributed by atoms with Crippen LogP contribution in [-0.4, -0.2) is 21.7 Å². The van der Waals surface area contributed by atoms with Crippen LogP contribution in [0.25, 0.3) is 17.2 Å². The van der Waals surface area contributed by atoms with Gasteiger partial charge in [0.05, 0.1) is 7.11 Å². The molecule has 3 heterocycles. The van der Waals surface area contributed by atoms with Gasteiger partial charge in [0.25, 0.3) is 0 Å². The number of hydrogen-bond acceptors (Lipinski definition) is 4. The van der Waals surface area contributed by atoms with Gasteiger partial charge in [0.15, 0.2) is 16.1 Å². The summed E-state index contributed by atoms with van der Waals surface area (Å²) in [5, 5.41) is 4.33. The molecule has 86 valence electrons. The van der Waals surface area contributed by atoms with Gasteiger partial charge < -0.3 is 9.15 Å². The average molecular weight is 294 g/mol. The van der Waals surface area contributed by atoms with Crippen LogP contribution < -0.4 is 4.74 Å². The fourth-order valence-corrected chi connectivity index (χ4v) is 1.88. The highest BCUT2D eigenvalue weighted by molar-refractivity contribution is 9.10. The summed E-state index contributed by atoms with van der Waals surface area (Å²) in [5.41, 5.74) is 0.715. The lowest BCUT2D eigenvalue weighted by Crippen LogP contribution is -1.94. The van der Waals surface area contributed by atoms with Crippen LogP contribution in [0.1, 0.15) is 0 Å². The second kappa shape index (κ2) is 3.89. The van der Waals surface area contributed by atoms with Gasteiger partial charge in [-0.05, 0) is 34.1 Å². The Bertz CT molecular complexity index is 674. The number of furan rings is 1. The van der Waals surface area contributed by atoms with Crippen molar-refractivity contribution in [2.24, 2.45) is 0 Å². The number of halogens is 1. The van der Waals surface area contributed by atoms with E-state index in [2.05, 4.69) is 26.0 Å². The molecular weight excluding hydrogens is 286 g/mol. The molecule has 0 saturated carbocycles. The third-order valence-corrected chi connectivity index (χ3v) is 2.75. The van der Waals surface area contributed by atoms with Gasteiger partial charge in [-0.25, -0.2) is 4.98 Å². The smallest absolute Gasteiger partial charge is 0.218 e. The summed E-state index contributed by atoms with van der Waals surface area (Å²) in [4.78, 5) is 4.36. The van der Waals surface area contributed by atoms with Gasteiger partial charge in [0.2, 0.25) is 11.7 Å². The Labute approximate surface area is 105 Å². The Morgan fingerprint density at radius 2 is 2.18 bits per heavy atom. The first kappa shape index (κ1) is 10.3. The average Bonchev–Trinajstić information content (AvgIpc) is 2.93. The first-order valence-corrected chi connectivity index (χ1v) is 5.73. The largest absolute Gasteiger partial charge is 0.481 e. The standard InChI is InChI=1S/C11H8BrN3O2/c1-16-10-4-2-3-9-13-11(14-15(9)10)7-5-6-8(12)17-7/h2-6H,1H3. The zero-order valence-corrected chi connectivity index (χ0v) is 10.5. The van der Waals surface area contributed by atoms with Crippen LogP contribution in [-0.2, 0) is 0 Å². The van der Waals surface area contributed by atoms with E-state index < -0.39 is 0 Å². The van der Waals surface area contributed by atoms with Crippen molar-refractivity contribution in [3.8, 4) is 17.5 Å². The minimum Gasteiger partial charge on any atom is -0.481 e. The molecule has 0 amide bonds. The molecule has 0 radical (unpaired) electrons. The zero-order valence-electron chi connectivity index (χ0n) is 8.92. The fraction of sp³-hybridized carbons (Fsp3) is 0.0909. The Kier molecular flexibility index (Phi) is 2.36. The highest BCUT2D eigenvalue weighted by Crippen LogP contribution is 2.23. The minimum atomic E-state index is 0.528. The van der Waals surface area contributed by atoms with Crippen molar-refractivity contribution in [1.29, 1.82) is 0 Å². The molecule has 3 aromatic rings. The molecule has 3 aromatic heterocycles. The molecule has 0 aliphatic rings. The van der Waals surface area contributed by atoms with E-state index in [4.69, 9.17) is 9.15 Å². The molecular formula is C11H8BrN3O2. The molecule has 0 aliphatic carbocycles. The lowest BCUT2D eigenvalue weighted by atomic mass is 10.4. The number of rotatable bonds is 2. The van der Waals surface area contributed by atoms with E-state index in [1.54, 1.807) is 17.7 Å². The van der Waals surface area contributed by atoms with Crippen LogP contribution >= 0.6 is 15.9 Å². The number of pyridine rings is 1. The maximum atomic E-state index is 5.41. The van der Waals surface area contributed by atoms with Crippen LogP contribution in [0.3, 0.4) is 0 Å². The van der Waals surface area contributed by atoms with E-state index in [0.29, 0.717) is 27.8 Å². The molecule has 0 N–H and O–H groups in total. The number of ether oxygens (including phenoxy) is 1. The highest BCUT2D eigenvalue weighted by Gasteiger charge is 2.11. The Hall–Kier alpha value is -1.82. The topological polar surface area (TPSA) is 52.6 Å². The number of hydrogen-bond donors (Lipinski definition) is 0. The summed E-state index contributed by atoms with van der Waals surface area (Å²) in [6.07, 6.45) is 0. The molecule has 0 aromatic carbocycles.